The Bertz CT molecular complexity index is 679. The molecule has 5 heteroatoms. The van der Waals surface area contributed by atoms with Gasteiger partial charge in [0.2, 0.25) is 0 Å². The summed E-state index contributed by atoms with van der Waals surface area (Å²) < 4.78 is 5.61. The first-order chi connectivity index (χ1) is 10.1. The van der Waals surface area contributed by atoms with E-state index in [4.69, 9.17) is 9.84 Å². The number of carboxylic acids is 1. The Morgan fingerprint density at radius 1 is 1.48 bits per heavy atom. The number of aromatic carboxylic acids is 1. The third kappa shape index (κ3) is 2.97. The fourth-order valence-electron chi connectivity index (χ4n) is 2.67. The Labute approximate surface area is 123 Å². The Kier molecular flexibility index (Phi) is 3.75. The summed E-state index contributed by atoms with van der Waals surface area (Å²) in [6.45, 7) is 3.49. The maximum Gasteiger partial charge on any atom is 0.335 e. The average molecular weight is 286 g/mol. The smallest absolute Gasteiger partial charge is 0.335 e. The molecule has 1 aromatic heterocycles. The molecule has 5 nitrogen and oxygen atoms in total. The number of fused-ring (bicyclic) bond motifs is 1. The lowest BCUT2D eigenvalue weighted by atomic mass is 10.1. The van der Waals surface area contributed by atoms with Crippen LogP contribution in [0.1, 0.15) is 28.9 Å². The molecule has 0 amide bonds. The van der Waals surface area contributed by atoms with Gasteiger partial charge in [-0.25, -0.2) is 4.79 Å². The van der Waals surface area contributed by atoms with Crippen LogP contribution in [-0.4, -0.2) is 35.3 Å². The van der Waals surface area contributed by atoms with E-state index >= 15 is 0 Å². The van der Waals surface area contributed by atoms with Crippen molar-refractivity contribution in [2.45, 2.75) is 25.9 Å². The number of nitrogens with one attached hydrogen (secondary N) is 1. The summed E-state index contributed by atoms with van der Waals surface area (Å²) in [7, 11) is 0. The van der Waals surface area contributed by atoms with Crippen molar-refractivity contribution in [3.8, 4) is 0 Å². The molecule has 0 radical (unpaired) electrons. The number of nitrogens with zero attached hydrogens (tertiary/aromatic N) is 1. The van der Waals surface area contributed by atoms with E-state index in [0.29, 0.717) is 0 Å². The second-order valence-corrected chi connectivity index (χ2v) is 5.36. The second kappa shape index (κ2) is 5.69. The van der Waals surface area contributed by atoms with Gasteiger partial charge in [-0.2, -0.15) is 0 Å². The number of hydrogen-bond acceptors (Lipinski definition) is 4. The molecule has 0 spiro atoms. The van der Waals surface area contributed by atoms with Gasteiger partial charge in [0.25, 0.3) is 0 Å². The molecule has 1 aliphatic rings. The Balaban J connectivity index is 1.94. The van der Waals surface area contributed by atoms with Crippen LogP contribution >= 0.6 is 0 Å². The van der Waals surface area contributed by atoms with Crippen molar-refractivity contribution in [2.75, 3.05) is 18.5 Å². The lowest BCUT2D eigenvalue weighted by Gasteiger charge is -2.14. The molecule has 1 saturated heterocycles. The van der Waals surface area contributed by atoms with Crippen LogP contribution in [-0.2, 0) is 4.74 Å². The highest BCUT2D eigenvalue weighted by Gasteiger charge is 2.16. The van der Waals surface area contributed by atoms with E-state index in [9.17, 15) is 4.79 Å². The molecule has 2 N–H and O–H groups in total. The van der Waals surface area contributed by atoms with E-state index < -0.39 is 5.97 Å². The van der Waals surface area contributed by atoms with Crippen molar-refractivity contribution in [1.29, 1.82) is 0 Å². The number of carbonyl (C=O) groups is 1. The monoisotopic (exact) mass is 286 g/mol. The van der Waals surface area contributed by atoms with Crippen molar-refractivity contribution in [3.05, 3.63) is 35.5 Å². The topological polar surface area (TPSA) is 71.5 Å². The van der Waals surface area contributed by atoms with Crippen LogP contribution in [0.2, 0.25) is 0 Å². The van der Waals surface area contributed by atoms with Crippen molar-refractivity contribution < 1.29 is 14.6 Å². The first-order valence-corrected chi connectivity index (χ1v) is 7.13. The largest absolute Gasteiger partial charge is 0.478 e. The molecule has 0 saturated carbocycles. The SMILES string of the molecule is Cc1cc(NC[C@@H]2CCCO2)c2cc(C(=O)O)ccc2n1. The third-order valence-electron chi connectivity index (χ3n) is 3.73. The lowest BCUT2D eigenvalue weighted by Crippen LogP contribution is -2.18. The van der Waals surface area contributed by atoms with Gasteiger partial charge in [0, 0.05) is 29.9 Å². The van der Waals surface area contributed by atoms with Gasteiger partial charge in [-0.15, -0.1) is 0 Å². The summed E-state index contributed by atoms with van der Waals surface area (Å²) in [6.07, 6.45) is 2.40. The highest BCUT2D eigenvalue weighted by Crippen LogP contribution is 2.25. The van der Waals surface area contributed by atoms with Gasteiger partial charge < -0.3 is 15.2 Å². The Morgan fingerprint density at radius 3 is 3.05 bits per heavy atom. The summed E-state index contributed by atoms with van der Waals surface area (Å²) in [5.41, 5.74) is 2.89. The Hall–Kier alpha value is -2.14. The number of aryl methyl sites for hydroxylation is 1. The van der Waals surface area contributed by atoms with E-state index in [1.54, 1.807) is 18.2 Å². The zero-order chi connectivity index (χ0) is 14.8. The predicted octanol–water partition coefficient (Wildman–Crippen LogP) is 2.83. The van der Waals surface area contributed by atoms with Crippen molar-refractivity contribution in [2.24, 2.45) is 0 Å². The molecular formula is C16H18N2O3. The molecule has 1 aliphatic heterocycles. The minimum atomic E-state index is -0.928. The maximum atomic E-state index is 11.1. The zero-order valence-electron chi connectivity index (χ0n) is 11.9. The Morgan fingerprint density at radius 2 is 2.33 bits per heavy atom. The summed E-state index contributed by atoms with van der Waals surface area (Å²) in [4.78, 5) is 15.6. The molecule has 0 aliphatic carbocycles. The fraction of sp³-hybridized carbons (Fsp3) is 0.375. The molecule has 2 heterocycles. The highest BCUT2D eigenvalue weighted by molar-refractivity contribution is 5.98. The summed E-state index contributed by atoms with van der Waals surface area (Å²) in [5.74, 6) is -0.928. The van der Waals surface area contributed by atoms with E-state index in [2.05, 4.69) is 10.3 Å². The predicted molar refractivity (Wildman–Crippen MR) is 80.9 cm³/mol. The lowest BCUT2D eigenvalue weighted by molar-refractivity contribution is 0.0697. The quantitative estimate of drug-likeness (QED) is 0.904. The van der Waals surface area contributed by atoms with Crippen LogP contribution in [0.4, 0.5) is 5.69 Å². The molecule has 110 valence electrons. The van der Waals surface area contributed by atoms with Crippen molar-refractivity contribution in [1.82, 2.24) is 4.98 Å². The highest BCUT2D eigenvalue weighted by atomic mass is 16.5. The van der Waals surface area contributed by atoms with Crippen LogP contribution in [0.3, 0.4) is 0 Å². The molecule has 1 fully saturated rings. The normalized spacial score (nSPS) is 18.0. The summed E-state index contributed by atoms with van der Waals surface area (Å²) in [5, 5.41) is 13.3. The minimum Gasteiger partial charge on any atom is -0.478 e. The van der Waals surface area contributed by atoms with Gasteiger partial charge in [-0.3, -0.25) is 4.98 Å². The van der Waals surface area contributed by atoms with Crippen LogP contribution < -0.4 is 5.32 Å². The van der Waals surface area contributed by atoms with Crippen LogP contribution in [0.5, 0.6) is 0 Å². The molecule has 1 atom stereocenters. The van der Waals surface area contributed by atoms with Gasteiger partial charge in [-0.1, -0.05) is 0 Å². The molecule has 0 bridgehead atoms. The van der Waals surface area contributed by atoms with Crippen molar-refractivity contribution >= 4 is 22.6 Å². The van der Waals surface area contributed by atoms with Crippen LogP contribution in [0.15, 0.2) is 24.3 Å². The van der Waals surface area contributed by atoms with E-state index in [1.165, 1.54) is 0 Å². The molecule has 0 unspecified atom stereocenters. The van der Waals surface area contributed by atoms with E-state index in [-0.39, 0.29) is 11.7 Å². The van der Waals surface area contributed by atoms with Gasteiger partial charge in [0.15, 0.2) is 0 Å². The van der Waals surface area contributed by atoms with Crippen molar-refractivity contribution in [3.63, 3.8) is 0 Å². The number of hydrogen-bond donors (Lipinski definition) is 2. The number of ether oxygens (including phenoxy) is 1. The summed E-state index contributed by atoms with van der Waals surface area (Å²) >= 11 is 0. The number of benzene rings is 1. The number of anilines is 1. The summed E-state index contributed by atoms with van der Waals surface area (Å²) in [6, 6.07) is 6.95. The molecule has 1 aromatic carbocycles. The van der Waals surface area contributed by atoms with Crippen LogP contribution in [0, 0.1) is 6.92 Å². The van der Waals surface area contributed by atoms with Gasteiger partial charge >= 0.3 is 5.97 Å². The first-order valence-electron chi connectivity index (χ1n) is 7.13. The van der Waals surface area contributed by atoms with Gasteiger partial charge in [-0.05, 0) is 44.0 Å². The van der Waals surface area contributed by atoms with Gasteiger partial charge in [0.1, 0.15) is 0 Å². The molecular weight excluding hydrogens is 268 g/mol. The van der Waals surface area contributed by atoms with Gasteiger partial charge in [0.05, 0.1) is 17.2 Å². The second-order valence-electron chi connectivity index (χ2n) is 5.36. The molecule has 3 rings (SSSR count). The zero-order valence-corrected chi connectivity index (χ0v) is 11.9. The standard InChI is InChI=1S/C16H18N2O3/c1-10-7-15(17-9-12-3-2-6-21-12)13-8-11(16(19)20)4-5-14(13)18-10/h4-5,7-8,12H,2-3,6,9H2,1H3,(H,17,18)(H,19,20)/t12-/m0/s1. The molecule has 2 aromatic rings. The first kappa shape index (κ1) is 13.8. The number of rotatable bonds is 4. The van der Waals surface area contributed by atoms with E-state index in [0.717, 1.165) is 48.3 Å². The molecule has 21 heavy (non-hydrogen) atoms. The number of aromatic nitrogens is 1. The fourth-order valence-corrected chi connectivity index (χ4v) is 2.67. The maximum absolute atomic E-state index is 11.1. The number of pyridine rings is 1. The minimum absolute atomic E-state index is 0.233. The van der Waals surface area contributed by atoms with E-state index in [1.807, 2.05) is 13.0 Å². The number of carboxylic acid groups (broad SMARTS) is 1. The third-order valence-corrected chi connectivity index (χ3v) is 3.73. The average Bonchev–Trinajstić information content (AvgIpc) is 2.97. The van der Waals surface area contributed by atoms with Crippen LogP contribution in [0.25, 0.3) is 10.9 Å².